The summed E-state index contributed by atoms with van der Waals surface area (Å²) in [6.07, 6.45) is 14.0. The Morgan fingerprint density at radius 2 is 2.29 bits per heavy atom. The Kier molecular flexibility index (Phi) is 2.99. The summed E-state index contributed by atoms with van der Waals surface area (Å²) in [6, 6.07) is 0. The van der Waals surface area contributed by atoms with E-state index in [1.807, 2.05) is 5.57 Å². The van der Waals surface area contributed by atoms with Gasteiger partial charge >= 0.3 is 0 Å². The molecule has 2 rings (SSSR count). The van der Waals surface area contributed by atoms with Crippen molar-refractivity contribution >= 4 is 0 Å². The number of fused-ring (bicyclic) bond motifs is 1. The number of hydrogen-bond acceptors (Lipinski definition) is 0. The van der Waals surface area contributed by atoms with Crippen molar-refractivity contribution in [3.8, 4) is 0 Å². The van der Waals surface area contributed by atoms with Crippen molar-refractivity contribution in [3.63, 3.8) is 0 Å². The zero-order valence-electron chi connectivity index (χ0n) is 9.81. The highest BCUT2D eigenvalue weighted by Gasteiger charge is 2.35. The van der Waals surface area contributed by atoms with Gasteiger partial charge in [-0.25, -0.2) is 0 Å². The molecule has 0 heterocycles. The Hall–Kier alpha value is -0.260. The van der Waals surface area contributed by atoms with Crippen molar-refractivity contribution in [2.75, 3.05) is 0 Å². The van der Waals surface area contributed by atoms with Crippen LogP contribution < -0.4 is 0 Å². The lowest BCUT2D eigenvalue weighted by molar-refractivity contribution is 0.213. The third-order valence-corrected chi connectivity index (χ3v) is 4.41. The second kappa shape index (κ2) is 4.08. The van der Waals surface area contributed by atoms with Gasteiger partial charge in [0.05, 0.1) is 0 Å². The van der Waals surface area contributed by atoms with E-state index >= 15 is 0 Å². The van der Waals surface area contributed by atoms with Crippen LogP contribution in [0.25, 0.3) is 0 Å². The molecule has 80 valence electrons. The predicted molar refractivity (Wildman–Crippen MR) is 62.3 cm³/mol. The van der Waals surface area contributed by atoms with Gasteiger partial charge in [0.2, 0.25) is 0 Å². The Morgan fingerprint density at radius 3 is 3.07 bits per heavy atom. The van der Waals surface area contributed by atoms with Crippen LogP contribution in [0.4, 0.5) is 0 Å². The summed E-state index contributed by atoms with van der Waals surface area (Å²) >= 11 is 0. The van der Waals surface area contributed by atoms with E-state index in [1.165, 1.54) is 51.4 Å². The van der Waals surface area contributed by atoms with Crippen molar-refractivity contribution in [1.29, 1.82) is 0 Å². The topological polar surface area (TPSA) is 0 Å². The minimum absolute atomic E-state index is 0.614. The van der Waals surface area contributed by atoms with Gasteiger partial charge in [0, 0.05) is 0 Å². The summed E-state index contributed by atoms with van der Waals surface area (Å²) in [5, 5.41) is 0. The van der Waals surface area contributed by atoms with Crippen molar-refractivity contribution in [3.05, 3.63) is 11.6 Å². The zero-order valence-corrected chi connectivity index (χ0v) is 9.81. The van der Waals surface area contributed by atoms with E-state index in [2.05, 4.69) is 19.9 Å². The zero-order chi connectivity index (χ0) is 10.0. The molecule has 0 aromatic rings. The molecule has 2 unspecified atom stereocenters. The van der Waals surface area contributed by atoms with Crippen LogP contribution in [-0.2, 0) is 0 Å². The van der Waals surface area contributed by atoms with Crippen LogP contribution in [0.15, 0.2) is 11.6 Å². The first kappa shape index (κ1) is 10.3. The van der Waals surface area contributed by atoms with Crippen molar-refractivity contribution in [2.24, 2.45) is 11.3 Å². The highest BCUT2D eigenvalue weighted by atomic mass is 14.4. The molecule has 0 aliphatic heterocycles. The maximum Gasteiger partial charge on any atom is -0.0116 e. The minimum Gasteiger partial charge on any atom is -0.0848 e. The average Bonchev–Trinajstić information content (AvgIpc) is 2.19. The van der Waals surface area contributed by atoms with E-state index in [4.69, 9.17) is 0 Å². The summed E-state index contributed by atoms with van der Waals surface area (Å²) in [7, 11) is 0. The maximum atomic E-state index is 2.56. The minimum atomic E-state index is 0.614. The molecule has 0 saturated heterocycles. The third-order valence-electron chi connectivity index (χ3n) is 4.41. The second-order valence-electron chi connectivity index (χ2n) is 5.58. The molecule has 2 aliphatic carbocycles. The Labute approximate surface area is 88.8 Å². The molecule has 0 N–H and O–H groups in total. The molecule has 0 spiro atoms. The molecular weight excluding hydrogens is 168 g/mol. The molecular formula is C14H24. The summed E-state index contributed by atoms with van der Waals surface area (Å²) in [5.74, 6) is 1.01. The van der Waals surface area contributed by atoms with E-state index in [0.29, 0.717) is 5.41 Å². The molecule has 0 radical (unpaired) electrons. The molecule has 0 amide bonds. The fraction of sp³-hybridized carbons (Fsp3) is 0.857. The van der Waals surface area contributed by atoms with Crippen LogP contribution in [-0.4, -0.2) is 0 Å². The number of allylic oxidation sites excluding steroid dienone is 2. The van der Waals surface area contributed by atoms with E-state index in [-0.39, 0.29) is 0 Å². The number of hydrogen-bond donors (Lipinski definition) is 0. The first-order valence-electron chi connectivity index (χ1n) is 6.44. The fourth-order valence-electron chi connectivity index (χ4n) is 3.38. The van der Waals surface area contributed by atoms with Crippen molar-refractivity contribution < 1.29 is 0 Å². The van der Waals surface area contributed by atoms with Gasteiger partial charge in [0.15, 0.2) is 0 Å². The second-order valence-corrected chi connectivity index (χ2v) is 5.58. The van der Waals surface area contributed by atoms with E-state index in [1.54, 1.807) is 0 Å². The van der Waals surface area contributed by atoms with Crippen LogP contribution >= 0.6 is 0 Å². The van der Waals surface area contributed by atoms with Crippen molar-refractivity contribution in [1.82, 2.24) is 0 Å². The van der Waals surface area contributed by atoms with Gasteiger partial charge in [-0.3, -0.25) is 0 Å². The number of rotatable bonds is 2. The van der Waals surface area contributed by atoms with E-state index in [9.17, 15) is 0 Å². The molecule has 0 bridgehead atoms. The molecule has 0 heteroatoms. The summed E-state index contributed by atoms with van der Waals surface area (Å²) in [6.45, 7) is 4.82. The highest BCUT2D eigenvalue weighted by molar-refractivity contribution is 5.19. The van der Waals surface area contributed by atoms with Crippen LogP contribution in [0.5, 0.6) is 0 Å². The summed E-state index contributed by atoms with van der Waals surface area (Å²) < 4.78 is 0. The fourth-order valence-corrected chi connectivity index (χ4v) is 3.38. The largest absolute Gasteiger partial charge is 0.0848 e. The monoisotopic (exact) mass is 192 g/mol. The molecule has 0 aromatic carbocycles. The summed E-state index contributed by atoms with van der Waals surface area (Å²) in [5.41, 5.74) is 2.43. The lowest BCUT2D eigenvalue weighted by Gasteiger charge is -2.42. The van der Waals surface area contributed by atoms with Gasteiger partial charge in [-0.05, 0) is 49.9 Å². The molecule has 1 saturated carbocycles. The standard InChI is InChI=1S/C14H24/c1-3-6-12-8-10-14(2)9-5-4-7-13(14)11-12/h7,12H,3-6,8-11H2,1-2H3. The van der Waals surface area contributed by atoms with Gasteiger partial charge in [-0.15, -0.1) is 0 Å². The van der Waals surface area contributed by atoms with Crippen LogP contribution in [0.2, 0.25) is 0 Å². The molecule has 0 nitrogen and oxygen atoms in total. The van der Waals surface area contributed by atoms with Crippen LogP contribution in [0, 0.1) is 11.3 Å². The molecule has 2 aliphatic rings. The molecule has 2 atom stereocenters. The first-order chi connectivity index (χ1) is 6.74. The highest BCUT2D eigenvalue weighted by Crippen LogP contribution is 2.49. The van der Waals surface area contributed by atoms with E-state index in [0.717, 1.165) is 5.92 Å². The first-order valence-corrected chi connectivity index (χ1v) is 6.44. The smallest absolute Gasteiger partial charge is 0.0116 e. The molecule has 1 fully saturated rings. The summed E-state index contributed by atoms with van der Waals surface area (Å²) in [4.78, 5) is 0. The Bertz CT molecular complexity index is 226. The lowest BCUT2D eigenvalue weighted by atomic mass is 9.63. The van der Waals surface area contributed by atoms with Crippen LogP contribution in [0.3, 0.4) is 0 Å². The maximum absolute atomic E-state index is 2.56. The third kappa shape index (κ3) is 1.89. The van der Waals surface area contributed by atoms with Crippen LogP contribution in [0.1, 0.15) is 65.2 Å². The van der Waals surface area contributed by atoms with Gasteiger partial charge in [-0.2, -0.15) is 0 Å². The molecule has 14 heavy (non-hydrogen) atoms. The van der Waals surface area contributed by atoms with Gasteiger partial charge < -0.3 is 0 Å². The quantitative estimate of drug-likeness (QED) is 0.556. The van der Waals surface area contributed by atoms with Crippen molar-refractivity contribution in [2.45, 2.75) is 65.2 Å². The van der Waals surface area contributed by atoms with E-state index < -0.39 is 0 Å². The SMILES string of the molecule is CCCC1CCC2(C)CCCC=C2C1. The lowest BCUT2D eigenvalue weighted by Crippen LogP contribution is -2.29. The molecule has 0 aromatic heterocycles. The average molecular weight is 192 g/mol. The van der Waals surface area contributed by atoms with Gasteiger partial charge in [0.1, 0.15) is 0 Å². The normalized spacial score (nSPS) is 37.6. The Morgan fingerprint density at radius 1 is 1.43 bits per heavy atom. The van der Waals surface area contributed by atoms with Gasteiger partial charge in [0.25, 0.3) is 0 Å². The Balaban J connectivity index is 2.04. The predicted octanol–water partition coefficient (Wildman–Crippen LogP) is 4.70. The van der Waals surface area contributed by atoms with Gasteiger partial charge in [-0.1, -0.05) is 38.3 Å².